The number of H-pyrrole nitrogens is 1. The van der Waals surface area contributed by atoms with Gasteiger partial charge in [-0.05, 0) is 38.8 Å². The van der Waals surface area contributed by atoms with Crippen LogP contribution >= 0.6 is 0 Å². The summed E-state index contributed by atoms with van der Waals surface area (Å²) in [6.07, 6.45) is 4.01. The molecule has 3 aromatic rings. The van der Waals surface area contributed by atoms with Crippen LogP contribution in [0.2, 0.25) is 0 Å². The maximum Gasteiger partial charge on any atom is 0.410 e. The molecule has 0 aliphatic carbocycles. The number of benzene rings is 1. The third-order valence-electron chi connectivity index (χ3n) is 4.89. The van der Waals surface area contributed by atoms with E-state index in [1.165, 1.54) is 0 Å². The minimum Gasteiger partial charge on any atom is -0.444 e. The first-order chi connectivity index (χ1) is 14.8. The summed E-state index contributed by atoms with van der Waals surface area (Å²) in [7, 11) is 0. The van der Waals surface area contributed by atoms with Gasteiger partial charge in [-0.1, -0.05) is 36.4 Å². The van der Waals surface area contributed by atoms with Crippen LogP contribution in [0.5, 0.6) is 0 Å². The van der Waals surface area contributed by atoms with E-state index < -0.39 is 5.60 Å². The molecule has 4 rings (SSSR count). The summed E-state index contributed by atoms with van der Waals surface area (Å²) < 4.78 is 5.45. The van der Waals surface area contributed by atoms with Crippen molar-refractivity contribution in [2.45, 2.75) is 32.8 Å². The number of hydrogen-bond donors (Lipinski definition) is 2. The van der Waals surface area contributed by atoms with E-state index in [4.69, 9.17) is 15.5 Å². The number of nitrogens with one attached hydrogen (secondary N) is 1. The standard InChI is InChI=1S/C23H26N6O2/c1-23(2,3)31-22(30)29-11-9-16(10-12-29)19-14-25-21(24)20(26-19)18-13-17(27-28-18)15-7-5-4-6-8-15/h4-9,13-14H,10-12H2,1-3H3,(H2,24,25)(H,27,28). The molecule has 2 aromatic heterocycles. The van der Waals surface area contributed by atoms with E-state index in [-0.39, 0.29) is 6.09 Å². The first kappa shape index (κ1) is 20.6. The Labute approximate surface area is 181 Å². The maximum atomic E-state index is 12.3. The Bertz CT molecular complexity index is 1110. The molecule has 8 nitrogen and oxygen atoms in total. The average Bonchev–Trinajstić information content (AvgIpc) is 3.24. The van der Waals surface area contributed by atoms with E-state index in [0.717, 1.165) is 22.5 Å². The number of rotatable bonds is 3. The Morgan fingerprint density at radius 1 is 1.19 bits per heavy atom. The van der Waals surface area contributed by atoms with Gasteiger partial charge in [-0.25, -0.2) is 14.8 Å². The normalized spacial score (nSPS) is 14.3. The van der Waals surface area contributed by atoms with Crippen molar-refractivity contribution in [3.05, 3.63) is 54.4 Å². The van der Waals surface area contributed by atoms with Gasteiger partial charge in [0.2, 0.25) is 0 Å². The number of amides is 1. The number of nitrogen functional groups attached to an aromatic ring is 1. The lowest BCUT2D eigenvalue weighted by atomic mass is 10.1. The fourth-order valence-electron chi connectivity index (χ4n) is 3.35. The number of aromatic amines is 1. The quantitative estimate of drug-likeness (QED) is 0.661. The lowest BCUT2D eigenvalue weighted by Crippen LogP contribution is -2.39. The van der Waals surface area contributed by atoms with Crippen molar-refractivity contribution in [2.24, 2.45) is 0 Å². The highest BCUT2D eigenvalue weighted by Crippen LogP contribution is 2.28. The first-order valence-corrected chi connectivity index (χ1v) is 10.2. The molecule has 160 valence electrons. The van der Waals surface area contributed by atoms with Crippen molar-refractivity contribution in [1.29, 1.82) is 0 Å². The highest BCUT2D eigenvalue weighted by atomic mass is 16.6. The Morgan fingerprint density at radius 2 is 1.97 bits per heavy atom. The van der Waals surface area contributed by atoms with E-state index >= 15 is 0 Å². The minimum absolute atomic E-state index is 0.308. The summed E-state index contributed by atoms with van der Waals surface area (Å²) in [5.41, 5.74) is 10.4. The molecule has 31 heavy (non-hydrogen) atoms. The van der Waals surface area contributed by atoms with Gasteiger partial charge in [0.15, 0.2) is 5.82 Å². The lowest BCUT2D eigenvalue weighted by molar-refractivity contribution is 0.0270. The molecule has 0 bridgehead atoms. The molecule has 3 heterocycles. The second kappa shape index (κ2) is 8.22. The van der Waals surface area contributed by atoms with Crippen molar-refractivity contribution >= 4 is 17.5 Å². The second-order valence-electron chi connectivity index (χ2n) is 8.43. The third kappa shape index (κ3) is 4.74. The summed E-state index contributed by atoms with van der Waals surface area (Å²) in [6.45, 7) is 6.61. The van der Waals surface area contributed by atoms with Crippen molar-refractivity contribution in [3.8, 4) is 22.6 Å². The zero-order valence-electron chi connectivity index (χ0n) is 17.9. The number of ether oxygens (including phenoxy) is 1. The number of hydrogen-bond acceptors (Lipinski definition) is 6. The average molecular weight is 419 g/mol. The van der Waals surface area contributed by atoms with E-state index in [1.54, 1.807) is 11.1 Å². The molecule has 0 fully saturated rings. The van der Waals surface area contributed by atoms with Gasteiger partial charge in [0.1, 0.15) is 11.3 Å². The van der Waals surface area contributed by atoms with E-state index in [1.807, 2.05) is 63.2 Å². The SMILES string of the molecule is CC(C)(C)OC(=O)N1CC=C(c2cnc(N)c(-c3cc(-c4ccccc4)n[nH]3)n2)CC1. The van der Waals surface area contributed by atoms with Crippen LogP contribution in [0.3, 0.4) is 0 Å². The van der Waals surface area contributed by atoms with Crippen LogP contribution in [0.15, 0.2) is 48.7 Å². The molecule has 3 N–H and O–H groups in total. The Morgan fingerprint density at radius 3 is 2.65 bits per heavy atom. The molecule has 1 aliphatic heterocycles. The highest BCUT2D eigenvalue weighted by Gasteiger charge is 2.24. The fraction of sp³-hybridized carbons (Fsp3) is 0.304. The highest BCUT2D eigenvalue weighted by molar-refractivity contribution is 5.75. The smallest absolute Gasteiger partial charge is 0.410 e. The molecule has 0 unspecified atom stereocenters. The lowest BCUT2D eigenvalue weighted by Gasteiger charge is -2.29. The summed E-state index contributed by atoms with van der Waals surface area (Å²) in [5, 5.41) is 7.40. The molecule has 1 aliphatic rings. The van der Waals surface area contributed by atoms with Gasteiger partial charge >= 0.3 is 6.09 Å². The van der Waals surface area contributed by atoms with E-state index in [2.05, 4.69) is 15.2 Å². The molecular weight excluding hydrogens is 392 g/mol. The number of nitrogens with two attached hydrogens (primary N) is 1. The van der Waals surface area contributed by atoms with Crippen LogP contribution in [-0.4, -0.2) is 49.8 Å². The van der Waals surface area contributed by atoms with Gasteiger partial charge in [-0.15, -0.1) is 0 Å². The van der Waals surface area contributed by atoms with Crippen LogP contribution < -0.4 is 5.73 Å². The Balaban J connectivity index is 1.54. The van der Waals surface area contributed by atoms with Gasteiger partial charge in [0.25, 0.3) is 0 Å². The van der Waals surface area contributed by atoms with Crippen molar-refractivity contribution < 1.29 is 9.53 Å². The van der Waals surface area contributed by atoms with Crippen LogP contribution in [0.1, 0.15) is 32.9 Å². The number of nitrogens with zero attached hydrogens (tertiary/aromatic N) is 4. The predicted molar refractivity (Wildman–Crippen MR) is 120 cm³/mol. The maximum absolute atomic E-state index is 12.3. The van der Waals surface area contributed by atoms with Gasteiger partial charge in [0.05, 0.1) is 23.3 Å². The zero-order valence-corrected chi connectivity index (χ0v) is 17.9. The molecule has 1 amide bonds. The minimum atomic E-state index is -0.513. The molecule has 0 radical (unpaired) electrons. The molecule has 0 saturated heterocycles. The van der Waals surface area contributed by atoms with Gasteiger partial charge in [0, 0.05) is 18.7 Å². The summed E-state index contributed by atoms with van der Waals surface area (Å²) in [6, 6.07) is 11.8. The van der Waals surface area contributed by atoms with Crippen molar-refractivity contribution in [3.63, 3.8) is 0 Å². The Hall–Kier alpha value is -3.68. The largest absolute Gasteiger partial charge is 0.444 e. The second-order valence-corrected chi connectivity index (χ2v) is 8.43. The van der Waals surface area contributed by atoms with Crippen LogP contribution in [0.25, 0.3) is 28.2 Å². The van der Waals surface area contributed by atoms with Crippen molar-refractivity contribution in [1.82, 2.24) is 25.1 Å². The topological polar surface area (TPSA) is 110 Å². The first-order valence-electron chi connectivity index (χ1n) is 10.2. The van der Waals surface area contributed by atoms with Crippen LogP contribution in [0, 0.1) is 0 Å². The van der Waals surface area contributed by atoms with Gasteiger partial charge in [-0.3, -0.25) is 5.10 Å². The predicted octanol–water partition coefficient (Wildman–Crippen LogP) is 4.14. The summed E-state index contributed by atoms with van der Waals surface area (Å²) >= 11 is 0. The fourth-order valence-corrected chi connectivity index (χ4v) is 3.35. The number of aromatic nitrogens is 4. The molecular formula is C23H26N6O2. The molecule has 0 atom stereocenters. The van der Waals surface area contributed by atoms with E-state index in [0.29, 0.717) is 36.7 Å². The number of carbonyl (C=O) groups is 1. The summed E-state index contributed by atoms with van der Waals surface area (Å²) in [4.78, 5) is 23.0. The van der Waals surface area contributed by atoms with Gasteiger partial charge in [-0.2, -0.15) is 5.10 Å². The van der Waals surface area contributed by atoms with Crippen LogP contribution in [0.4, 0.5) is 10.6 Å². The van der Waals surface area contributed by atoms with Crippen LogP contribution in [-0.2, 0) is 4.74 Å². The zero-order chi connectivity index (χ0) is 22.0. The molecule has 1 aromatic carbocycles. The monoisotopic (exact) mass is 418 g/mol. The molecule has 0 saturated carbocycles. The number of carbonyl (C=O) groups excluding carboxylic acids is 1. The van der Waals surface area contributed by atoms with Gasteiger partial charge < -0.3 is 15.4 Å². The van der Waals surface area contributed by atoms with Crippen molar-refractivity contribution in [2.75, 3.05) is 18.8 Å². The molecule has 0 spiro atoms. The summed E-state index contributed by atoms with van der Waals surface area (Å²) in [5.74, 6) is 0.332. The Kier molecular flexibility index (Phi) is 5.46. The third-order valence-corrected chi connectivity index (χ3v) is 4.89. The molecule has 8 heteroatoms. The number of anilines is 1. The van der Waals surface area contributed by atoms with E-state index in [9.17, 15) is 4.79 Å².